The first-order valence-electron chi connectivity index (χ1n) is 11.8. The number of hydrogen-bond acceptors (Lipinski definition) is 7. The molecule has 2 rings (SSSR count). The third-order valence-corrected chi connectivity index (χ3v) is 6.48. The number of unbranched alkanes of at least 4 members (excludes halogenated alkanes) is 1. The molecule has 0 saturated heterocycles. The lowest BCUT2D eigenvalue weighted by Gasteiger charge is -2.22. The lowest BCUT2D eigenvalue weighted by atomic mass is 10.1. The van der Waals surface area contributed by atoms with Gasteiger partial charge in [0.1, 0.15) is 18.1 Å². The van der Waals surface area contributed by atoms with Crippen LogP contribution in [0.1, 0.15) is 59.7 Å². The minimum absolute atomic E-state index is 0.0798. The van der Waals surface area contributed by atoms with Crippen molar-refractivity contribution in [2.75, 3.05) is 11.0 Å². The average molecular weight is 644 g/mol. The standard InChI is InChI=1S/C24H29IN4O9/c1-13(20(33)28-17(24(37)38)9-10-19(31)32)26-21(34)16(27-18(30)12-25)8-4-5-11-29-22(35)14-6-2-3-7-15(14)23(29)36/h2-3,6-7,13,16-17H,4-5,8-12H2,1H3,(H,26,34)(H,27,30)(H,28,33)(H,31,32)(H,37,38)/t13-,16+,17-/m1/s1. The molecule has 5 N–H and O–H groups in total. The summed E-state index contributed by atoms with van der Waals surface area (Å²) in [6, 6.07) is 2.87. The van der Waals surface area contributed by atoms with Gasteiger partial charge in [-0.1, -0.05) is 34.7 Å². The fourth-order valence-electron chi connectivity index (χ4n) is 3.76. The van der Waals surface area contributed by atoms with Gasteiger partial charge < -0.3 is 26.2 Å². The monoisotopic (exact) mass is 644 g/mol. The number of nitrogens with one attached hydrogen (secondary N) is 3. The summed E-state index contributed by atoms with van der Waals surface area (Å²) in [7, 11) is 0. The number of nitrogens with zero attached hydrogens (tertiary/aromatic N) is 1. The van der Waals surface area contributed by atoms with Crippen LogP contribution in [-0.4, -0.2) is 85.7 Å². The third kappa shape index (κ3) is 8.49. The van der Waals surface area contributed by atoms with Crippen molar-refractivity contribution in [2.45, 2.75) is 57.2 Å². The second kappa shape index (κ2) is 14.4. The highest BCUT2D eigenvalue weighted by Crippen LogP contribution is 2.22. The number of fused-ring (bicyclic) bond motifs is 1. The number of amides is 5. The fraction of sp³-hybridized carbons (Fsp3) is 0.458. The predicted octanol–water partition coefficient (Wildman–Crippen LogP) is 0.312. The molecule has 1 aromatic rings. The number of halogens is 1. The number of rotatable bonds is 15. The van der Waals surface area contributed by atoms with Crippen molar-refractivity contribution in [3.8, 4) is 0 Å². The molecule has 0 spiro atoms. The average Bonchev–Trinajstić information content (AvgIpc) is 3.12. The lowest BCUT2D eigenvalue weighted by molar-refractivity contribution is -0.143. The molecule has 0 aliphatic carbocycles. The highest BCUT2D eigenvalue weighted by Gasteiger charge is 2.34. The summed E-state index contributed by atoms with van der Waals surface area (Å²) >= 11 is 1.83. The molecule has 13 nitrogen and oxygen atoms in total. The molecule has 1 aromatic carbocycles. The van der Waals surface area contributed by atoms with Crippen LogP contribution in [0.2, 0.25) is 0 Å². The van der Waals surface area contributed by atoms with E-state index in [2.05, 4.69) is 16.0 Å². The first kappa shape index (κ1) is 30.7. The number of benzene rings is 1. The molecule has 38 heavy (non-hydrogen) atoms. The van der Waals surface area contributed by atoms with E-state index < -0.39 is 54.2 Å². The van der Waals surface area contributed by atoms with E-state index in [1.807, 2.05) is 22.6 Å². The zero-order valence-corrected chi connectivity index (χ0v) is 22.7. The van der Waals surface area contributed by atoms with Crippen LogP contribution in [0.5, 0.6) is 0 Å². The molecule has 0 unspecified atom stereocenters. The molecule has 0 radical (unpaired) electrons. The molecule has 206 valence electrons. The van der Waals surface area contributed by atoms with Crippen LogP contribution in [-0.2, 0) is 24.0 Å². The Morgan fingerprint density at radius 1 is 0.868 bits per heavy atom. The number of hydrogen-bond donors (Lipinski definition) is 5. The van der Waals surface area contributed by atoms with Crippen molar-refractivity contribution in [2.24, 2.45) is 0 Å². The van der Waals surface area contributed by atoms with E-state index in [9.17, 15) is 38.7 Å². The zero-order chi connectivity index (χ0) is 28.4. The summed E-state index contributed by atoms with van der Waals surface area (Å²) in [6.07, 6.45) is 0.0862. The van der Waals surface area contributed by atoms with Crippen LogP contribution >= 0.6 is 22.6 Å². The number of carbonyl (C=O) groups is 7. The molecule has 14 heteroatoms. The van der Waals surface area contributed by atoms with Crippen molar-refractivity contribution in [3.63, 3.8) is 0 Å². The van der Waals surface area contributed by atoms with E-state index in [1.54, 1.807) is 24.3 Å². The maximum Gasteiger partial charge on any atom is 0.326 e. The lowest BCUT2D eigenvalue weighted by Crippen LogP contribution is -2.54. The van der Waals surface area contributed by atoms with Gasteiger partial charge in [0, 0.05) is 13.0 Å². The van der Waals surface area contributed by atoms with E-state index in [4.69, 9.17) is 5.11 Å². The van der Waals surface area contributed by atoms with Gasteiger partial charge in [-0.05, 0) is 44.7 Å². The molecule has 1 aliphatic rings. The van der Waals surface area contributed by atoms with Crippen LogP contribution < -0.4 is 16.0 Å². The van der Waals surface area contributed by atoms with Crippen molar-refractivity contribution >= 4 is 64.1 Å². The van der Waals surface area contributed by atoms with E-state index >= 15 is 0 Å². The molecule has 0 aromatic heterocycles. The van der Waals surface area contributed by atoms with Crippen LogP contribution in [0.15, 0.2) is 24.3 Å². The number of carboxylic acids is 2. The summed E-state index contributed by atoms with van der Waals surface area (Å²) in [6.45, 7) is 1.45. The maximum absolute atomic E-state index is 12.8. The van der Waals surface area contributed by atoms with Gasteiger partial charge in [-0.2, -0.15) is 0 Å². The van der Waals surface area contributed by atoms with Gasteiger partial charge in [0.2, 0.25) is 17.7 Å². The Kier molecular flexibility index (Phi) is 11.6. The molecular formula is C24H29IN4O9. The Morgan fingerprint density at radius 3 is 2.00 bits per heavy atom. The zero-order valence-electron chi connectivity index (χ0n) is 20.6. The molecule has 1 aliphatic heterocycles. The van der Waals surface area contributed by atoms with E-state index in [0.717, 1.165) is 4.90 Å². The highest BCUT2D eigenvalue weighted by atomic mass is 127. The second-order valence-corrected chi connectivity index (χ2v) is 9.38. The third-order valence-electron chi connectivity index (χ3n) is 5.79. The molecule has 5 amide bonds. The Bertz CT molecular complexity index is 1080. The quantitative estimate of drug-likeness (QED) is 0.0772. The van der Waals surface area contributed by atoms with E-state index in [0.29, 0.717) is 24.0 Å². The molecule has 0 bridgehead atoms. The number of carboxylic acid groups (broad SMARTS) is 2. The van der Waals surface area contributed by atoms with Gasteiger partial charge in [0.05, 0.1) is 15.6 Å². The van der Waals surface area contributed by atoms with Crippen LogP contribution in [0, 0.1) is 0 Å². The predicted molar refractivity (Wildman–Crippen MR) is 141 cm³/mol. The minimum Gasteiger partial charge on any atom is -0.481 e. The summed E-state index contributed by atoms with van der Waals surface area (Å²) in [5, 5.41) is 25.1. The summed E-state index contributed by atoms with van der Waals surface area (Å²) < 4.78 is 0.0798. The Morgan fingerprint density at radius 2 is 1.47 bits per heavy atom. The van der Waals surface area contributed by atoms with Gasteiger partial charge in [-0.15, -0.1) is 0 Å². The van der Waals surface area contributed by atoms with Crippen molar-refractivity contribution in [1.82, 2.24) is 20.9 Å². The number of carbonyl (C=O) groups excluding carboxylic acids is 5. The summed E-state index contributed by atoms with van der Waals surface area (Å²) in [5.74, 6) is -5.33. The van der Waals surface area contributed by atoms with E-state index in [-0.39, 0.29) is 35.6 Å². The molecule has 0 saturated carbocycles. The summed E-state index contributed by atoms with van der Waals surface area (Å²) in [5.41, 5.74) is 0.675. The first-order chi connectivity index (χ1) is 18.0. The van der Waals surface area contributed by atoms with Crippen molar-refractivity contribution in [3.05, 3.63) is 35.4 Å². The van der Waals surface area contributed by atoms with Gasteiger partial charge in [0.15, 0.2) is 0 Å². The minimum atomic E-state index is -1.45. The second-order valence-electron chi connectivity index (χ2n) is 8.62. The number of aliphatic carboxylic acids is 2. The molecule has 0 fully saturated rings. The fourth-order valence-corrected chi connectivity index (χ4v) is 3.98. The maximum atomic E-state index is 12.8. The topological polar surface area (TPSA) is 199 Å². The van der Waals surface area contributed by atoms with E-state index in [1.165, 1.54) is 6.92 Å². The molecular weight excluding hydrogens is 615 g/mol. The number of alkyl halides is 1. The highest BCUT2D eigenvalue weighted by molar-refractivity contribution is 14.1. The Labute approximate surface area is 231 Å². The van der Waals surface area contributed by atoms with Crippen LogP contribution in [0.3, 0.4) is 0 Å². The Balaban J connectivity index is 1.92. The normalized spacial score (nSPS) is 14.7. The van der Waals surface area contributed by atoms with Gasteiger partial charge in [-0.25, -0.2) is 4.79 Å². The van der Waals surface area contributed by atoms with Crippen molar-refractivity contribution in [1.29, 1.82) is 0 Å². The molecule has 3 atom stereocenters. The van der Waals surface area contributed by atoms with Crippen molar-refractivity contribution < 1.29 is 43.8 Å². The van der Waals surface area contributed by atoms with Crippen LogP contribution in [0.25, 0.3) is 0 Å². The van der Waals surface area contributed by atoms with Gasteiger partial charge in [-0.3, -0.25) is 33.7 Å². The van der Waals surface area contributed by atoms with Gasteiger partial charge in [0.25, 0.3) is 11.8 Å². The number of imide groups is 1. The van der Waals surface area contributed by atoms with Crippen LogP contribution in [0.4, 0.5) is 0 Å². The van der Waals surface area contributed by atoms with Gasteiger partial charge >= 0.3 is 11.9 Å². The largest absolute Gasteiger partial charge is 0.481 e. The smallest absolute Gasteiger partial charge is 0.326 e. The molecule has 1 heterocycles. The SMILES string of the molecule is C[C@@H](NC(=O)[C@H](CCCCN1C(=O)c2ccccc2C1=O)NC(=O)CI)C(=O)N[C@H](CCC(=O)O)C(=O)O. The summed E-state index contributed by atoms with van der Waals surface area (Å²) in [4.78, 5) is 85.3. The first-order valence-corrected chi connectivity index (χ1v) is 13.3. The Hall–Kier alpha value is -3.56.